The number of nitrogens with one attached hydrogen (secondary N) is 2. The van der Waals surface area contributed by atoms with Gasteiger partial charge in [-0.2, -0.15) is 0 Å². The van der Waals surface area contributed by atoms with Crippen molar-refractivity contribution in [3.63, 3.8) is 0 Å². The molecule has 0 aromatic heterocycles. The quantitative estimate of drug-likeness (QED) is 0.480. The van der Waals surface area contributed by atoms with E-state index >= 15 is 0 Å². The molecule has 0 bridgehead atoms. The molecule has 1 fully saturated rings. The Kier molecular flexibility index (Phi) is 7.81. The molecule has 7 heteroatoms. The van der Waals surface area contributed by atoms with Crippen LogP contribution in [0.2, 0.25) is 0 Å². The van der Waals surface area contributed by atoms with Gasteiger partial charge in [0.25, 0.3) is 0 Å². The number of piperazine rings is 1. The second-order valence-corrected chi connectivity index (χ2v) is 8.07. The summed E-state index contributed by atoms with van der Waals surface area (Å²) in [5, 5.41) is 5.32. The second kappa shape index (κ2) is 10.5. The van der Waals surface area contributed by atoms with Crippen molar-refractivity contribution in [1.29, 1.82) is 0 Å². The Morgan fingerprint density at radius 3 is 2.18 bits per heavy atom. The number of hydrogen-bond acceptors (Lipinski definition) is 4. The first kappa shape index (κ1) is 20.8. The Morgan fingerprint density at radius 2 is 1.50 bits per heavy atom. The minimum atomic E-state index is -0.631. The minimum Gasteiger partial charge on any atom is -0.347 e. The summed E-state index contributed by atoms with van der Waals surface area (Å²) in [6, 6.07) is 17.8. The highest BCUT2D eigenvalue weighted by molar-refractivity contribution is 14.1. The van der Waals surface area contributed by atoms with Crippen molar-refractivity contribution in [2.45, 2.75) is 6.54 Å². The Bertz CT molecular complexity index is 775. The molecular weight excluding hydrogens is 467 g/mol. The number of halogens is 1. The fraction of sp³-hybridized carbons (Fsp3) is 0.333. The van der Waals surface area contributed by atoms with Gasteiger partial charge >= 0.3 is 11.8 Å². The maximum atomic E-state index is 12.0. The SMILES string of the molecule is O=C(NCCN1CCN(Cc2ccccc2)CC1)C(=O)Nc1ccc(I)cc1. The maximum absolute atomic E-state index is 12.0. The van der Waals surface area contributed by atoms with Gasteiger partial charge in [0.1, 0.15) is 0 Å². The normalized spacial score (nSPS) is 15.2. The molecule has 0 radical (unpaired) electrons. The third kappa shape index (κ3) is 6.57. The van der Waals surface area contributed by atoms with Gasteiger partial charge in [-0.25, -0.2) is 0 Å². The number of nitrogens with zero attached hydrogens (tertiary/aromatic N) is 2. The summed E-state index contributed by atoms with van der Waals surface area (Å²) in [7, 11) is 0. The monoisotopic (exact) mass is 492 g/mol. The van der Waals surface area contributed by atoms with E-state index in [1.54, 1.807) is 12.1 Å². The van der Waals surface area contributed by atoms with Crippen molar-refractivity contribution >= 4 is 40.1 Å². The van der Waals surface area contributed by atoms with E-state index in [-0.39, 0.29) is 0 Å². The zero-order valence-electron chi connectivity index (χ0n) is 15.7. The van der Waals surface area contributed by atoms with Crippen molar-refractivity contribution in [3.8, 4) is 0 Å². The van der Waals surface area contributed by atoms with E-state index in [4.69, 9.17) is 0 Å². The molecule has 6 nitrogen and oxygen atoms in total. The topological polar surface area (TPSA) is 64.7 Å². The number of anilines is 1. The van der Waals surface area contributed by atoms with E-state index in [0.717, 1.165) is 42.8 Å². The Labute approximate surface area is 179 Å². The fourth-order valence-corrected chi connectivity index (χ4v) is 3.50. The van der Waals surface area contributed by atoms with E-state index in [1.165, 1.54) is 5.56 Å². The van der Waals surface area contributed by atoms with Crippen LogP contribution in [-0.4, -0.2) is 60.9 Å². The van der Waals surface area contributed by atoms with Gasteiger partial charge < -0.3 is 10.6 Å². The van der Waals surface area contributed by atoms with Gasteiger partial charge in [-0.1, -0.05) is 30.3 Å². The zero-order chi connectivity index (χ0) is 19.8. The molecule has 28 heavy (non-hydrogen) atoms. The van der Waals surface area contributed by atoms with Gasteiger partial charge in [0.15, 0.2) is 0 Å². The Morgan fingerprint density at radius 1 is 0.857 bits per heavy atom. The summed E-state index contributed by atoms with van der Waals surface area (Å²) >= 11 is 2.19. The lowest BCUT2D eigenvalue weighted by Crippen LogP contribution is -2.48. The predicted molar refractivity (Wildman–Crippen MR) is 119 cm³/mol. The molecule has 1 saturated heterocycles. The molecular formula is C21H25IN4O2. The second-order valence-electron chi connectivity index (χ2n) is 6.82. The van der Waals surface area contributed by atoms with E-state index in [0.29, 0.717) is 12.2 Å². The summed E-state index contributed by atoms with van der Waals surface area (Å²) in [4.78, 5) is 28.7. The predicted octanol–water partition coefficient (Wildman–Crippen LogP) is 2.16. The number of hydrogen-bond donors (Lipinski definition) is 2. The highest BCUT2D eigenvalue weighted by atomic mass is 127. The van der Waals surface area contributed by atoms with Crippen LogP contribution in [0.5, 0.6) is 0 Å². The van der Waals surface area contributed by atoms with Crippen LogP contribution in [0.4, 0.5) is 5.69 Å². The van der Waals surface area contributed by atoms with Crippen LogP contribution in [0.1, 0.15) is 5.56 Å². The third-order valence-corrected chi connectivity index (χ3v) is 5.45. The van der Waals surface area contributed by atoms with Crippen molar-refractivity contribution in [2.75, 3.05) is 44.6 Å². The van der Waals surface area contributed by atoms with Crippen LogP contribution in [-0.2, 0) is 16.1 Å². The summed E-state index contributed by atoms with van der Waals surface area (Å²) < 4.78 is 1.07. The van der Waals surface area contributed by atoms with Crippen LogP contribution in [0.25, 0.3) is 0 Å². The van der Waals surface area contributed by atoms with E-state index in [2.05, 4.69) is 67.3 Å². The van der Waals surface area contributed by atoms with Crippen LogP contribution in [0, 0.1) is 3.57 Å². The third-order valence-electron chi connectivity index (χ3n) is 4.74. The highest BCUT2D eigenvalue weighted by Gasteiger charge is 2.18. The van der Waals surface area contributed by atoms with Gasteiger partial charge in [0.05, 0.1) is 0 Å². The lowest BCUT2D eigenvalue weighted by atomic mass is 10.2. The minimum absolute atomic E-state index is 0.470. The first-order valence-electron chi connectivity index (χ1n) is 9.43. The Balaban J connectivity index is 1.32. The molecule has 2 amide bonds. The molecule has 0 unspecified atom stereocenters. The van der Waals surface area contributed by atoms with Crippen molar-refractivity contribution in [1.82, 2.24) is 15.1 Å². The summed E-state index contributed by atoms with van der Waals surface area (Å²) in [6.45, 7) is 6.16. The lowest BCUT2D eigenvalue weighted by Gasteiger charge is -2.34. The first-order valence-corrected chi connectivity index (χ1v) is 10.5. The molecule has 148 valence electrons. The number of carbonyl (C=O) groups is 2. The summed E-state index contributed by atoms with van der Waals surface area (Å²) in [5.41, 5.74) is 1.96. The molecule has 0 atom stereocenters. The number of carbonyl (C=O) groups excluding carboxylic acids is 2. The molecule has 2 aromatic rings. The standard InChI is InChI=1S/C21H25IN4O2/c22-18-6-8-19(9-7-18)24-21(28)20(27)23-10-11-25-12-14-26(15-13-25)16-17-4-2-1-3-5-17/h1-9H,10-16H2,(H,23,27)(H,24,28). The maximum Gasteiger partial charge on any atom is 0.313 e. The smallest absolute Gasteiger partial charge is 0.313 e. The molecule has 1 aliphatic rings. The molecule has 2 N–H and O–H groups in total. The van der Waals surface area contributed by atoms with Gasteiger partial charge in [-0.3, -0.25) is 19.4 Å². The largest absolute Gasteiger partial charge is 0.347 e. The summed E-state index contributed by atoms with van der Waals surface area (Å²) in [5.74, 6) is -1.23. The van der Waals surface area contributed by atoms with Gasteiger partial charge in [-0.05, 0) is 52.4 Å². The van der Waals surface area contributed by atoms with Crippen LogP contribution in [0.3, 0.4) is 0 Å². The lowest BCUT2D eigenvalue weighted by molar-refractivity contribution is -0.136. The molecule has 1 heterocycles. The molecule has 0 saturated carbocycles. The van der Waals surface area contributed by atoms with Crippen molar-refractivity contribution in [3.05, 3.63) is 63.7 Å². The molecule has 1 aliphatic heterocycles. The van der Waals surface area contributed by atoms with E-state index in [9.17, 15) is 9.59 Å². The first-order chi connectivity index (χ1) is 13.6. The van der Waals surface area contributed by atoms with Gasteiger partial charge in [-0.15, -0.1) is 0 Å². The zero-order valence-corrected chi connectivity index (χ0v) is 17.9. The molecule has 0 spiro atoms. The molecule has 3 rings (SSSR count). The number of rotatable bonds is 6. The average molecular weight is 492 g/mol. The number of amides is 2. The van der Waals surface area contributed by atoms with Gasteiger partial charge in [0, 0.05) is 55.1 Å². The molecule has 0 aliphatic carbocycles. The van der Waals surface area contributed by atoms with Crippen molar-refractivity contribution in [2.24, 2.45) is 0 Å². The van der Waals surface area contributed by atoms with Crippen molar-refractivity contribution < 1.29 is 9.59 Å². The Hall–Kier alpha value is -1.97. The van der Waals surface area contributed by atoms with Crippen LogP contribution in [0.15, 0.2) is 54.6 Å². The van der Waals surface area contributed by atoms with Crippen LogP contribution < -0.4 is 10.6 Å². The van der Waals surface area contributed by atoms with E-state index < -0.39 is 11.8 Å². The van der Waals surface area contributed by atoms with E-state index in [1.807, 2.05) is 18.2 Å². The van der Waals surface area contributed by atoms with Gasteiger partial charge in [0.2, 0.25) is 0 Å². The highest BCUT2D eigenvalue weighted by Crippen LogP contribution is 2.11. The fourth-order valence-electron chi connectivity index (χ4n) is 3.14. The van der Waals surface area contributed by atoms with Crippen LogP contribution >= 0.6 is 22.6 Å². The number of benzene rings is 2. The molecule has 2 aromatic carbocycles. The summed E-state index contributed by atoms with van der Waals surface area (Å²) in [6.07, 6.45) is 0. The average Bonchev–Trinajstić information content (AvgIpc) is 2.71.